The van der Waals surface area contributed by atoms with E-state index >= 15 is 0 Å². The first-order chi connectivity index (χ1) is 25.1. The third-order valence-corrected chi connectivity index (χ3v) is 7.94. The van der Waals surface area contributed by atoms with Gasteiger partial charge in [-0.3, -0.25) is 9.59 Å². The summed E-state index contributed by atoms with van der Waals surface area (Å²) in [4.78, 5) is 43.8. The van der Waals surface area contributed by atoms with Crippen LogP contribution in [0.5, 0.6) is 0 Å². The lowest BCUT2D eigenvalue weighted by molar-refractivity contribution is -0.117. The topological polar surface area (TPSA) is 241 Å². The second kappa shape index (κ2) is 23.4. The van der Waals surface area contributed by atoms with Crippen molar-refractivity contribution in [3.8, 4) is 0 Å². The highest BCUT2D eigenvalue weighted by molar-refractivity contribution is 5.94. The van der Waals surface area contributed by atoms with E-state index in [2.05, 4.69) is 46.1 Å². The molecule has 0 saturated carbocycles. The van der Waals surface area contributed by atoms with Crippen molar-refractivity contribution in [2.24, 2.45) is 34.8 Å². The maximum Gasteiger partial charge on any atom is 0.267 e. The molecule has 0 radical (unpaired) electrons. The van der Waals surface area contributed by atoms with Crippen LogP contribution in [0.15, 0.2) is 58.5 Å². The molecule has 0 bridgehead atoms. The van der Waals surface area contributed by atoms with Crippen molar-refractivity contribution < 1.29 is 9.59 Å². The molecule has 1 fully saturated rings. The number of likely N-dealkylation sites (tertiary alicyclic amines) is 1. The number of carbonyl (C=O) groups excluding carboxylic acids is 2. The molecule has 1 saturated heterocycles. The summed E-state index contributed by atoms with van der Waals surface area (Å²) < 4.78 is 0. The lowest BCUT2D eigenvalue weighted by Gasteiger charge is -2.15. The average molecular weight is 736 g/mol. The SMILES string of the molecule is CC.CCc1nc(C)cc(N/C(N)=C/C(=C(\N)C(=O)NC)C(C)C)n1.CNC(=O)/C(N)=C(/C=C(\N)Nc1cc(C)nc(CCN2CCCC2)n1)C(C)C. The maximum atomic E-state index is 11.9. The summed E-state index contributed by atoms with van der Waals surface area (Å²) in [5.41, 5.74) is 27.4. The fourth-order valence-electron chi connectivity index (χ4n) is 5.27. The predicted octanol–water partition coefficient (Wildman–Crippen LogP) is 3.45. The zero-order chi connectivity index (χ0) is 40.2. The molecule has 15 heteroatoms. The summed E-state index contributed by atoms with van der Waals surface area (Å²) in [6.45, 7) is 20.9. The number of allylic oxidation sites excluding steroid dienone is 4. The van der Waals surface area contributed by atoms with Gasteiger partial charge in [0, 0.05) is 57.0 Å². The standard InChI is InChI=1S/C20H33N7O.C16H26N6O.C2H6/c1-13(2)15(19(22)20(28)23-4)12-16(21)25-18-11-14(3)24-17(26-18)7-10-27-8-5-6-9-27;1-6-13-20-10(4)7-14(22-13)21-12(17)8-11(9(2)3)15(18)16(23)19-5;1-2/h11-13H,5-10,21-22H2,1-4H3,(H,23,28)(H,24,25,26);7-9H,6,17-18H2,1-5H3,(H,19,23)(H,20,21,22);1-2H3/b16-12+,19-15+;12-8+,15-11+;. The van der Waals surface area contributed by atoms with Crippen molar-refractivity contribution in [3.63, 3.8) is 0 Å². The molecule has 2 aromatic heterocycles. The monoisotopic (exact) mass is 736 g/mol. The van der Waals surface area contributed by atoms with Crippen molar-refractivity contribution >= 4 is 23.5 Å². The maximum absolute atomic E-state index is 11.9. The molecule has 0 aliphatic carbocycles. The second-order valence-electron chi connectivity index (χ2n) is 12.9. The minimum absolute atomic E-state index is 0.0424. The Kier molecular flexibility index (Phi) is 20.2. The van der Waals surface area contributed by atoms with Crippen LogP contribution in [-0.2, 0) is 22.4 Å². The minimum atomic E-state index is -0.330. The third kappa shape index (κ3) is 15.9. The van der Waals surface area contributed by atoms with Gasteiger partial charge in [-0.15, -0.1) is 0 Å². The van der Waals surface area contributed by atoms with Gasteiger partial charge < -0.3 is 49.1 Å². The fourth-order valence-corrected chi connectivity index (χ4v) is 5.27. The first kappa shape index (κ1) is 45.8. The largest absolute Gasteiger partial charge is 0.394 e. The van der Waals surface area contributed by atoms with E-state index < -0.39 is 0 Å². The van der Waals surface area contributed by atoms with E-state index in [1.54, 1.807) is 25.3 Å². The number of anilines is 2. The van der Waals surface area contributed by atoms with Crippen molar-refractivity contribution in [1.82, 2.24) is 35.5 Å². The molecule has 0 aromatic carbocycles. The van der Waals surface area contributed by atoms with Crippen molar-refractivity contribution in [2.75, 3.05) is 44.4 Å². The Morgan fingerprint density at radius 1 is 0.736 bits per heavy atom. The number of amides is 2. The summed E-state index contributed by atoms with van der Waals surface area (Å²) in [6.07, 6.45) is 7.44. The molecule has 1 aliphatic rings. The van der Waals surface area contributed by atoms with Gasteiger partial charge in [-0.05, 0) is 74.9 Å². The van der Waals surface area contributed by atoms with Crippen LogP contribution in [0.1, 0.15) is 84.3 Å². The Hall–Kier alpha value is -5.18. The van der Waals surface area contributed by atoms with Gasteiger partial charge in [0.2, 0.25) is 0 Å². The number of carbonyl (C=O) groups is 2. The van der Waals surface area contributed by atoms with Gasteiger partial charge in [0.1, 0.15) is 46.3 Å². The Morgan fingerprint density at radius 2 is 1.13 bits per heavy atom. The van der Waals surface area contributed by atoms with Gasteiger partial charge in [0.05, 0.1) is 0 Å². The number of aryl methyl sites for hydroxylation is 3. The van der Waals surface area contributed by atoms with Gasteiger partial charge in [0.15, 0.2) is 0 Å². The molecule has 3 heterocycles. The molecule has 0 spiro atoms. The Bertz CT molecular complexity index is 1620. The normalized spacial score (nSPS) is 14.3. The lowest BCUT2D eigenvalue weighted by atomic mass is 10.00. The number of likely N-dealkylation sites (N-methyl/N-ethyl adjacent to an activating group) is 2. The fraction of sp³-hybridized carbons (Fsp3) is 0.526. The zero-order valence-corrected chi connectivity index (χ0v) is 33.8. The van der Waals surface area contributed by atoms with Crippen LogP contribution in [0.2, 0.25) is 0 Å². The van der Waals surface area contributed by atoms with Gasteiger partial charge in [-0.2, -0.15) is 0 Å². The van der Waals surface area contributed by atoms with Crippen LogP contribution in [0.4, 0.5) is 11.6 Å². The van der Waals surface area contributed by atoms with Crippen LogP contribution < -0.4 is 44.2 Å². The van der Waals surface area contributed by atoms with Crippen LogP contribution in [-0.4, -0.2) is 70.4 Å². The quantitative estimate of drug-likeness (QED) is 0.103. The van der Waals surface area contributed by atoms with Crippen molar-refractivity contribution in [2.45, 2.75) is 88.0 Å². The summed E-state index contributed by atoms with van der Waals surface area (Å²) in [7, 11) is 3.08. The van der Waals surface area contributed by atoms with Crippen LogP contribution in [0.3, 0.4) is 0 Å². The number of nitrogens with two attached hydrogens (primary N) is 4. The van der Waals surface area contributed by atoms with Crippen LogP contribution in [0, 0.1) is 25.7 Å². The molecule has 294 valence electrons. The first-order valence-corrected chi connectivity index (χ1v) is 18.4. The predicted molar refractivity (Wildman–Crippen MR) is 216 cm³/mol. The Balaban J connectivity index is 0.000000516. The molecule has 3 rings (SSSR count). The zero-order valence-electron chi connectivity index (χ0n) is 33.8. The van der Waals surface area contributed by atoms with Gasteiger partial charge in [-0.1, -0.05) is 48.5 Å². The van der Waals surface area contributed by atoms with Crippen molar-refractivity contribution in [1.29, 1.82) is 0 Å². The lowest BCUT2D eigenvalue weighted by Crippen LogP contribution is -2.27. The van der Waals surface area contributed by atoms with E-state index in [9.17, 15) is 9.59 Å². The number of nitrogens with zero attached hydrogens (tertiary/aromatic N) is 5. The number of hydrogen-bond donors (Lipinski definition) is 8. The number of rotatable bonds is 14. The first-order valence-electron chi connectivity index (χ1n) is 18.4. The van der Waals surface area contributed by atoms with E-state index in [1.165, 1.54) is 19.9 Å². The van der Waals surface area contributed by atoms with E-state index in [4.69, 9.17) is 22.9 Å². The average Bonchev–Trinajstić information content (AvgIpc) is 3.65. The second-order valence-corrected chi connectivity index (χ2v) is 12.9. The molecule has 12 N–H and O–H groups in total. The highest BCUT2D eigenvalue weighted by Crippen LogP contribution is 2.18. The molecule has 0 unspecified atom stereocenters. The smallest absolute Gasteiger partial charge is 0.267 e. The van der Waals surface area contributed by atoms with Crippen LogP contribution >= 0.6 is 0 Å². The molecule has 2 aromatic rings. The number of hydrogen-bond acceptors (Lipinski definition) is 13. The van der Waals surface area contributed by atoms with Crippen molar-refractivity contribution in [3.05, 3.63) is 81.5 Å². The van der Waals surface area contributed by atoms with Gasteiger partial charge >= 0.3 is 0 Å². The molecule has 15 nitrogen and oxygen atoms in total. The molecule has 0 atom stereocenters. The van der Waals surface area contributed by atoms with Gasteiger partial charge in [0.25, 0.3) is 11.8 Å². The highest BCUT2D eigenvalue weighted by Gasteiger charge is 2.15. The molecule has 1 aliphatic heterocycles. The van der Waals surface area contributed by atoms with E-state index in [1.807, 2.05) is 68.4 Å². The molecule has 2 amide bonds. The van der Waals surface area contributed by atoms with E-state index in [0.717, 1.165) is 55.5 Å². The Labute approximate surface area is 316 Å². The number of aromatic nitrogens is 4. The van der Waals surface area contributed by atoms with Crippen LogP contribution in [0.25, 0.3) is 0 Å². The summed E-state index contributed by atoms with van der Waals surface area (Å²) in [5, 5.41) is 11.2. The minimum Gasteiger partial charge on any atom is -0.394 e. The molecular weight excluding hydrogens is 671 g/mol. The summed E-state index contributed by atoms with van der Waals surface area (Å²) >= 11 is 0. The van der Waals surface area contributed by atoms with E-state index in [0.29, 0.717) is 34.4 Å². The Morgan fingerprint density at radius 3 is 1.51 bits per heavy atom. The molecular formula is C38H65N13O2. The van der Waals surface area contributed by atoms with E-state index in [-0.39, 0.29) is 35.0 Å². The summed E-state index contributed by atoms with van der Waals surface area (Å²) in [5.74, 6) is 2.96. The third-order valence-electron chi connectivity index (χ3n) is 7.94. The van der Waals surface area contributed by atoms with Gasteiger partial charge in [-0.25, -0.2) is 19.9 Å². The summed E-state index contributed by atoms with van der Waals surface area (Å²) in [6, 6.07) is 3.65. The highest BCUT2D eigenvalue weighted by atomic mass is 16.2. The molecule has 53 heavy (non-hydrogen) atoms. The number of nitrogens with one attached hydrogen (secondary N) is 4.